The summed E-state index contributed by atoms with van der Waals surface area (Å²) in [5.41, 5.74) is 3.69. The van der Waals surface area contributed by atoms with Crippen LogP contribution in [0.2, 0.25) is 0 Å². The van der Waals surface area contributed by atoms with Gasteiger partial charge in [-0.2, -0.15) is 0 Å². The first-order valence-corrected chi connectivity index (χ1v) is 6.77. The van der Waals surface area contributed by atoms with Gasteiger partial charge in [0.2, 0.25) is 0 Å². The molecule has 0 aromatic heterocycles. The molecule has 0 saturated heterocycles. The van der Waals surface area contributed by atoms with Crippen LogP contribution >= 0.6 is 12.4 Å². The van der Waals surface area contributed by atoms with Gasteiger partial charge < -0.3 is 10.1 Å². The molecule has 0 aliphatic heterocycles. The van der Waals surface area contributed by atoms with Crippen molar-refractivity contribution in [1.29, 1.82) is 0 Å². The molecule has 2 aromatic carbocycles. The summed E-state index contributed by atoms with van der Waals surface area (Å²) in [5, 5.41) is 3.36. The number of rotatable bonds is 5. The zero-order valence-corrected chi connectivity index (χ0v) is 13.1. The van der Waals surface area contributed by atoms with E-state index in [0.717, 1.165) is 17.8 Å². The smallest absolute Gasteiger partial charge is 0.338 e. The van der Waals surface area contributed by atoms with Crippen molar-refractivity contribution in [3.05, 3.63) is 65.2 Å². The van der Waals surface area contributed by atoms with Crippen LogP contribution < -0.4 is 5.32 Å². The molecule has 0 radical (unpaired) electrons. The largest absolute Gasteiger partial charge is 0.462 e. The number of halogens is 1. The number of benzene rings is 2. The topological polar surface area (TPSA) is 38.3 Å². The zero-order chi connectivity index (χ0) is 14.4. The van der Waals surface area contributed by atoms with E-state index in [9.17, 15) is 4.79 Å². The summed E-state index contributed by atoms with van der Waals surface area (Å²) in [6, 6.07) is 15.8. The summed E-state index contributed by atoms with van der Waals surface area (Å²) in [7, 11) is 0. The summed E-state index contributed by atoms with van der Waals surface area (Å²) in [6.07, 6.45) is 0. The van der Waals surface area contributed by atoms with E-state index in [0.29, 0.717) is 12.2 Å². The molecule has 0 atom stereocenters. The van der Waals surface area contributed by atoms with Gasteiger partial charge >= 0.3 is 5.97 Å². The van der Waals surface area contributed by atoms with E-state index in [1.807, 2.05) is 44.2 Å². The quantitative estimate of drug-likeness (QED) is 0.841. The maximum atomic E-state index is 11.8. The van der Waals surface area contributed by atoms with Crippen LogP contribution in [0, 0.1) is 6.92 Å². The molecule has 1 N–H and O–H groups in total. The Labute approximate surface area is 131 Å². The van der Waals surface area contributed by atoms with E-state index in [-0.39, 0.29) is 18.4 Å². The van der Waals surface area contributed by atoms with Gasteiger partial charge in [0, 0.05) is 12.2 Å². The summed E-state index contributed by atoms with van der Waals surface area (Å²) < 4.78 is 5.06. The average molecular weight is 306 g/mol. The molecule has 0 spiro atoms. The first kappa shape index (κ1) is 17.1. The fourth-order valence-corrected chi connectivity index (χ4v) is 2.05. The Balaban J connectivity index is 0.00000220. The molecule has 0 aliphatic carbocycles. The second kappa shape index (κ2) is 8.32. The number of carbonyl (C=O) groups excluding carboxylic acids is 1. The fraction of sp³-hybridized carbons (Fsp3) is 0.235. The molecule has 0 unspecified atom stereocenters. The lowest BCUT2D eigenvalue weighted by Gasteiger charge is -2.12. The molecule has 0 fully saturated rings. The first-order chi connectivity index (χ1) is 9.72. The van der Waals surface area contributed by atoms with Crippen molar-refractivity contribution in [3.63, 3.8) is 0 Å². The van der Waals surface area contributed by atoms with Crippen molar-refractivity contribution < 1.29 is 9.53 Å². The van der Waals surface area contributed by atoms with Crippen molar-refractivity contribution >= 4 is 24.1 Å². The Morgan fingerprint density at radius 1 is 1.10 bits per heavy atom. The molecule has 0 heterocycles. The van der Waals surface area contributed by atoms with Gasteiger partial charge in [-0.3, -0.25) is 0 Å². The van der Waals surface area contributed by atoms with E-state index < -0.39 is 0 Å². The highest BCUT2D eigenvalue weighted by Crippen LogP contribution is 2.20. The number of esters is 1. The second-order valence-corrected chi connectivity index (χ2v) is 4.54. The van der Waals surface area contributed by atoms with Crippen LogP contribution in [0.5, 0.6) is 0 Å². The van der Waals surface area contributed by atoms with Gasteiger partial charge in [-0.15, -0.1) is 12.4 Å². The molecule has 3 nitrogen and oxygen atoms in total. The van der Waals surface area contributed by atoms with Crippen LogP contribution in [-0.2, 0) is 11.3 Å². The molecular formula is C17H20ClNO2. The average Bonchev–Trinajstić information content (AvgIpc) is 2.47. The number of nitrogens with one attached hydrogen (secondary N) is 1. The fourth-order valence-electron chi connectivity index (χ4n) is 2.05. The lowest BCUT2D eigenvalue weighted by Crippen LogP contribution is -2.09. The molecule has 0 amide bonds. The van der Waals surface area contributed by atoms with Gasteiger partial charge in [0.1, 0.15) is 0 Å². The van der Waals surface area contributed by atoms with Crippen molar-refractivity contribution in [2.75, 3.05) is 11.9 Å². The Kier molecular flexibility index (Phi) is 6.76. The number of hydrogen-bond donors (Lipinski definition) is 1. The molecule has 2 rings (SSSR count). The summed E-state index contributed by atoms with van der Waals surface area (Å²) >= 11 is 0. The third kappa shape index (κ3) is 4.50. The summed E-state index contributed by atoms with van der Waals surface area (Å²) in [4.78, 5) is 11.8. The number of carbonyl (C=O) groups is 1. The highest BCUT2D eigenvalue weighted by Gasteiger charge is 2.12. The molecule has 21 heavy (non-hydrogen) atoms. The number of ether oxygens (including phenoxy) is 1. The highest BCUT2D eigenvalue weighted by molar-refractivity contribution is 5.92. The van der Waals surface area contributed by atoms with Crippen molar-refractivity contribution in [3.8, 4) is 0 Å². The van der Waals surface area contributed by atoms with Gasteiger partial charge in [-0.1, -0.05) is 36.4 Å². The van der Waals surface area contributed by atoms with E-state index in [1.54, 1.807) is 6.07 Å². The van der Waals surface area contributed by atoms with E-state index in [4.69, 9.17) is 4.74 Å². The first-order valence-electron chi connectivity index (χ1n) is 6.77. The lowest BCUT2D eigenvalue weighted by molar-refractivity contribution is 0.0525. The number of anilines is 1. The SMILES string of the molecule is CCOC(=O)c1cccc(NCc2ccccc2)c1C.Cl. The van der Waals surface area contributed by atoms with Crippen molar-refractivity contribution in [1.82, 2.24) is 0 Å². The molecule has 0 saturated carbocycles. The second-order valence-electron chi connectivity index (χ2n) is 4.54. The molecule has 2 aromatic rings. The van der Waals surface area contributed by atoms with Crippen LogP contribution in [-0.4, -0.2) is 12.6 Å². The Morgan fingerprint density at radius 2 is 1.81 bits per heavy atom. The van der Waals surface area contributed by atoms with Crippen LogP contribution in [0.4, 0.5) is 5.69 Å². The molecule has 112 valence electrons. The minimum Gasteiger partial charge on any atom is -0.462 e. The predicted octanol–water partition coefficient (Wildman–Crippen LogP) is 4.21. The van der Waals surface area contributed by atoms with Crippen molar-refractivity contribution in [2.24, 2.45) is 0 Å². The van der Waals surface area contributed by atoms with Crippen LogP contribution in [0.15, 0.2) is 48.5 Å². The maximum Gasteiger partial charge on any atom is 0.338 e. The zero-order valence-electron chi connectivity index (χ0n) is 12.3. The molecular weight excluding hydrogens is 286 g/mol. The Morgan fingerprint density at radius 3 is 2.48 bits per heavy atom. The maximum absolute atomic E-state index is 11.8. The molecule has 4 heteroatoms. The standard InChI is InChI=1S/C17H19NO2.ClH/c1-3-20-17(19)15-10-7-11-16(13(15)2)18-12-14-8-5-4-6-9-14;/h4-11,18H,3,12H2,1-2H3;1H. The Hall–Kier alpha value is -2.00. The van der Waals surface area contributed by atoms with Crippen LogP contribution in [0.25, 0.3) is 0 Å². The Bertz CT molecular complexity index is 585. The number of hydrogen-bond acceptors (Lipinski definition) is 3. The summed E-state index contributed by atoms with van der Waals surface area (Å²) in [6.45, 7) is 4.86. The monoisotopic (exact) mass is 305 g/mol. The van der Waals surface area contributed by atoms with Crippen LogP contribution in [0.3, 0.4) is 0 Å². The minimum atomic E-state index is -0.270. The van der Waals surface area contributed by atoms with E-state index >= 15 is 0 Å². The predicted molar refractivity (Wildman–Crippen MR) is 88.2 cm³/mol. The van der Waals surface area contributed by atoms with E-state index in [2.05, 4.69) is 17.4 Å². The third-order valence-electron chi connectivity index (χ3n) is 3.15. The normalized spacial score (nSPS) is 9.62. The summed E-state index contributed by atoms with van der Waals surface area (Å²) in [5.74, 6) is -0.270. The lowest BCUT2D eigenvalue weighted by atomic mass is 10.1. The highest BCUT2D eigenvalue weighted by atomic mass is 35.5. The van der Waals surface area contributed by atoms with Gasteiger partial charge in [-0.05, 0) is 37.1 Å². The minimum absolute atomic E-state index is 0. The van der Waals surface area contributed by atoms with Gasteiger partial charge in [0.25, 0.3) is 0 Å². The van der Waals surface area contributed by atoms with Gasteiger partial charge in [0.15, 0.2) is 0 Å². The van der Waals surface area contributed by atoms with Gasteiger partial charge in [-0.25, -0.2) is 4.79 Å². The van der Waals surface area contributed by atoms with Crippen molar-refractivity contribution in [2.45, 2.75) is 20.4 Å². The molecule has 0 bridgehead atoms. The molecule has 0 aliphatic rings. The third-order valence-corrected chi connectivity index (χ3v) is 3.15. The van der Waals surface area contributed by atoms with Crippen LogP contribution in [0.1, 0.15) is 28.4 Å². The van der Waals surface area contributed by atoms with E-state index in [1.165, 1.54) is 5.56 Å². The van der Waals surface area contributed by atoms with Gasteiger partial charge in [0.05, 0.1) is 12.2 Å².